The maximum Gasteiger partial charge on any atom is 0.371 e. The van der Waals surface area contributed by atoms with Crippen LogP contribution in [0.25, 0.3) is 0 Å². The summed E-state index contributed by atoms with van der Waals surface area (Å²) >= 11 is 0. The lowest BCUT2D eigenvalue weighted by Gasteiger charge is -2.28. The highest BCUT2D eigenvalue weighted by atomic mass is 32.2. The number of hydrogen-bond acceptors (Lipinski definition) is 5. The fourth-order valence-corrected chi connectivity index (χ4v) is 3.78. The van der Waals surface area contributed by atoms with Crippen LogP contribution in [0.2, 0.25) is 0 Å². The molecule has 1 saturated heterocycles. The minimum atomic E-state index is -3.82. The highest BCUT2D eigenvalue weighted by Gasteiger charge is 2.33. The number of nitrogens with zero attached hydrogens (tertiary/aromatic N) is 1. The molecule has 0 radical (unpaired) electrons. The van der Waals surface area contributed by atoms with Crippen LogP contribution in [0.5, 0.6) is 0 Å². The van der Waals surface area contributed by atoms with Crippen LogP contribution in [0.4, 0.5) is 0 Å². The van der Waals surface area contributed by atoms with Crippen LogP contribution < -0.4 is 0 Å². The first-order valence-electron chi connectivity index (χ1n) is 5.84. The number of aliphatic hydroxyl groups is 1. The van der Waals surface area contributed by atoms with Crippen LogP contribution >= 0.6 is 0 Å². The molecule has 0 bridgehead atoms. The molecule has 0 saturated carbocycles. The Bertz CT molecular complexity index is 590. The highest BCUT2D eigenvalue weighted by Crippen LogP contribution is 2.26. The molecule has 1 aliphatic heterocycles. The molecule has 2 heterocycles. The van der Waals surface area contributed by atoms with Gasteiger partial charge in [0.05, 0.1) is 6.10 Å². The van der Waals surface area contributed by atoms with Gasteiger partial charge in [0.15, 0.2) is 0 Å². The number of furan rings is 1. The first-order valence-corrected chi connectivity index (χ1v) is 7.28. The molecule has 0 aliphatic carbocycles. The van der Waals surface area contributed by atoms with Crippen molar-refractivity contribution in [3.05, 3.63) is 17.6 Å². The van der Waals surface area contributed by atoms with E-state index in [2.05, 4.69) is 0 Å². The summed E-state index contributed by atoms with van der Waals surface area (Å²) in [6.07, 6.45) is 0.453. The summed E-state index contributed by atoms with van der Waals surface area (Å²) in [7, 11) is -3.82. The molecule has 1 aromatic heterocycles. The normalized spacial score (nSPS) is 21.5. The fraction of sp³-hybridized carbons (Fsp3) is 0.545. The van der Waals surface area contributed by atoms with E-state index in [0.29, 0.717) is 19.4 Å². The molecule has 7 nitrogen and oxygen atoms in total. The second kappa shape index (κ2) is 4.95. The van der Waals surface area contributed by atoms with Crippen LogP contribution in [0.15, 0.2) is 15.4 Å². The van der Waals surface area contributed by atoms with Crippen molar-refractivity contribution < 1.29 is 27.8 Å². The smallest absolute Gasteiger partial charge is 0.371 e. The highest BCUT2D eigenvalue weighted by molar-refractivity contribution is 7.89. The Hall–Kier alpha value is -1.38. The predicted octanol–water partition coefficient (Wildman–Crippen LogP) is 0.432. The molecule has 8 heteroatoms. The second-order valence-corrected chi connectivity index (χ2v) is 6.40. The first-order chi connectivity index (χ1) is 8.82. The van der Waals surface area contributed by atoms with Gasteiger partial charge < -0.3 is 14.6 Å². The van der Waals surface area contributed by atoms with Crippen LogP contribution in [0.3, 0.4) is 0 Å². The topological polar surface area (TPSA) is 108 Å². The number of aliphatic hydroxyl groups excluding tert-OH is 1. The van der Waals surface area contributed by atoms with Crippen molar-refractivity contribution in [3.63, 3.8) is 0 Å². The minimum absolute atomic E-state index is 0.0232. The zero-order valence-electron chi connectivity index (χ0n) is 10.4. The average Bonchev–Trinajstić information content (AvgIpc) is 2.72. The van der Waals surface area contributed by atoms with Gasteiger partial charge in [-0.3, -0.25) is 0 Å². The third-order valence-electron chi connectivity index (χ3n) is 3.06. The predicted molar refractivity (Wildman–Crippen MR) is 64.4 cm³/mol. The number of hydrogen-bond donors (Lipinski definition) is 2. The largest absolute Gasteiger partial charge is 0.475 e. The van der Waals surface area contributed by atoms with Gasteiger partial charge in [0, 0.05) is 19.2 Å². The molecule has 1 unspecified atom stereocenters. The molecule has 19 heavy (non-hydrogen) atoms. The zero-order chi connectivity index (χ0) is 14.2. The third kappa shape index (κ3) is 2.65. The summed E-state index contributed by atoms with van der Waals surface area (Å²) in [6, 6.07) is 1.01. The van der Waals surface area contributed by atoms with Crippen molar-refractivity contribution in [3.8, 4) is 0 Å². The molecular formula is C11H15NO6S. The number of carboxylic acids is 1. The van der Waals surface area contributed by atoms with Gasteiger partial charge in [-0.1, -0.05) is 0 Å². The Morgan fingerprint density at radius 3 is 2.74 bits per heavy atom. The molecule has 1 atom stereocenters. The second-order valence-electron chi connectivity index (χ2n) is 4.50. The van der Waals surface area contributed by atoms with Gasteiger partial charge in [0.2, 0.25) is 15.8 Å². The SMILES string of the molecule is Cc1oc(C(=O)O)cc1S(=O)(=O)N1CCCC(O)C1. The first kappa shape index (κ1) is 14.0. The Morgan fingerprint density at radius 1 is 1.53 bits per heavy atom. The minimum Gasteiger partial charge on any atom is -0.475 e. The third-order valence-corrected chi connectivity index (χ3v) is 5.03. The summed E-state index contributed by atoms with van der Waals surface area (Å²) < 4.78 is 30.8. The lowest BCUT2D eigenvalue weighted by molar-refractivity contribution is 0.0661. The van der Waals surface area contributed by atoms with E-state index < -0.39 is 27.9 Å². The van der Waals surface area contributed by atoms with E-state index in [-0.39, 0.29) is 17.2 Å². The number of sulfonamides is 1. The Kier molecular flexibility index (Phi) is 3.66. The van der Waals surface area contributed by atoms with Gasteiger partial charge in [-0.05, 0) is 19.8 Å². The standard InChI is InChI=1S/C11H15NO6S/c1-7-10(5-9(18-7)11(14)15)19(16,17)12-4-2-3-8(13)6-12/h5,8,13H,2-4,6H2,1H3,(H,14,15). The van der Waals surface area contributed by atoms with E-state index in [1.807, 2.05) is 0 Å². The number of rotatable bonds is 3. The fourth-order valence-electron chi connectivity index (χ4n) is 2.11. The molecule has 1 aliphatic rings. The summed E-state index contributed by atoms with van der Waals surface area (Å²) in [5.41, 5.74) is 0. The Labute approximate surface area is 110 Å². The molecule has 0 amide bonds. The van der Waals surface area contributed by atoms with Gasteiger partial charge in [-0.2, -0.15) is 4.31 Å². The van der Waals surface area contributed by atoms with Crippen LogP contribution in [0.1, 0.15) is 29.2 Å². The Morgan fingerprint density at radius 2 is 2.21 bits per heavy atom. The van der Waals surface area contributed by atoms with Gasteiger partial charge >= 0.3 is 5.97 Å². The molecule has 2 rings (SSSR count). The molecular weight excluding hydrogens is 274 g/mol. The summed E-state index contributed by atoms with van der Waals surface area (Å²) in [5.74, 6) is -1.69. The number of β-amino-alcohol motifs (C(OH)–C–C–N with tert-alkyl or cyclic N) is 1. The van der Waals surface area contributed by atoms with Crippen LogP contribution in [-0.2, 0) is 10.0 Å². The van der Waals surface area contributed by atoms with Gasteiger partial charge in [-0.25, -0.2) is 13.2 Å². The number of aryl methyl sites for hydroxylation is 1. The molecule has 0 spiro atoms. The maximum atomic E-state index is 12.4. The molecule has 0 aromatic carbocycles. The number of carboxylic acid groups (broad SMARTS) is 1. The van der Waals surface area contributed by atoms with Crippen molar-refractivity contribution in [1.82, 2.24) is 4.31 Å². The monoisotopic (exact) mass is 289 g/mol. The molecule has 1 fully saturated rings. The molecule has 1 aromatic rings. The molecule has 106 valence electrons. The maximum absolute atomic E-state index is 12.4. The van der Waals surface area contributed by atoms with Crippen molar-refractivity contribution in [2.45, 2.75) is 30.8 Å². The quantitative estimate of drug-likeness (QED) is 0.835. The number of piperidine rings is 1. The van der Waals surface area contributed by atoms with Gasteiger partial charge in [-0.15, -0.1) is 0 Å². The lowest BCUT2D eigenvalue weighted by atomic mass is 10.1. The zero-order valence-corrected chi connectivity index (χ0v) is 11.2. The lowest BCUT2D eigenvalue weighted by Crippen LogP contribution is -2.42. The number of aromatic carboxylic acids is 1. The van der Waals surface area contributed by atoms with E-state index in [0.717, 1.165) is 10.4 Å². The number of carbonyl (C=O) groups is 1. The van der Waals surface area contributed by atoms with E-state index in [1.54, 1.807) is 0 Å². The summed E-state index contributed by atoms with van der Waals surface area (Å²) in [6.45, 7) is 1.74. The van der Waals surface area contributed by atoms with Gasteiger partial charge in [0.25, 0.3) is 0 Å². The van der Waals surface area contributed by atoms with E-state index >= 15 is 0 Å². The van der Waals surface area contributed by atoms with E-state index in [9.17, 15) is 18.3 Å². The van der Waals surface area contributed by atoms with Crippen molar-refractivity contribution in [2.75, 3.05) is 13.1 Å². The van der Waals surface area contributed by atoms with E-state index in [1.165, 1.54) is 6.92 Å². The average molecular weight is 289 g/mol. The van der Waals surface area contributed by atoms with Crippen molar-refractivity contribution in [1.29, 1.82) is 0 Å². The Balaban J connectivity index is 2.36. The van der Waals surface area contributed by atoms with E-state index in [4.69, 9.17) is 9.52 Å². The summed E-state index contributed by atoms with van der Waals surface area (Å²) in [5, 5.41) is 18.3. The van der Waals surface area contributed by atoms with Crippen LogP contribution in [0, 0.1) is 6.92 Å². The van der Waals surface area contributed by atoms with Crippen LogP contribution in [-0.4, -0.2) is 48.1 Å². The summed E-state index contributed by atoms with van der Waals surface area (Å²) in [4.78, 5) is 10.6. The van der Waals surface area contributed by atoms with Crippen molar-refractivity contribution >= 4 is 16.0 Å². The van der Waals surface area contributed by atoms with Crippen molar-refractivity contribution in [2.24, 2.45) is 0 Å². The van der Waals surface area contributed by atoms with Gasteiger partial charge in [0.1, 0.15) is 10.7 Å². The molecule has 2 N–H and O–H groups in total.